The summed E-state index contributed by atoms with van der Waals surface area (Å²) in [6, 6.07) is 19.1. The van der Waals surface area contributed by atoms with Gasteiger partial charge in [-0.3, -0.25) is 9.69 Å². The van der Waals surface area contributed by atoms with Crippen LogP contribution in [0.15, 0.2) is 73.3 Å². The van der Waals surface area contributed by atoms with E-state index in [4.69, 9.17) is 9.47 Å². The Morgan fingerprint density at radius 1 is 1.09 bits per heavy atom. The molecule has 0 bridgehead atoms. The van der Waals surface area contributed by atoms with Gasteiger partial charge in [-0.1, -0.05) is 66.7 Å². The number of esters is 1. The molecule has 1 aliphatic rings. The second-order valence-electron chi connectivity index (χ2n) is 8.42. The van der Waals surface area contributed by atoms with Gasteiger partial charge in [-0.05, 0) is 24.5 Å². The molecule has 0 saturated carbocycles. The highest BCUT2D eigenvalue weighted by atomic mass is 16.5. The number of carbonyl (C=O) groups is 2. The van der Waals surface area contributed by atoms with E-state index in [1.165, 1.54) is 0 Å². The molecule has 6 nitrogen and oxygen atoms in total. The van der Waals surface area contributed by atoms with E-state index < -0.39 is 11.1 Å². The van der Waals surface area contributed by atoms with Crippen molar-refractivity contribution in [2.24, 2.45) is 0 Å². The molecular weight excluding hydrogens is 418 g/mol. The first-order valence-electron chi connectivity index (χ1n) is 11.1. The van der Waals surface area contributed by atoms with Gasteiger partial charge < -0.3 is 19.4 Å². The minimum absolute atomic E-state index is 0.108. The normalized spacial score (nSPS) is 21.8. The van der Waals surface area contributed by atoms with Gasteiger partial charge in [-0.15, -0.1) is 6.58 Å². The van der Waals surface area contributed by atoms with Gasteiger partial charge >= 0.3 is 5.97 Å². The first-order valence-corrected chi connectivity index (χ1v) is 11.1. The van der Waals surface area contributed by atoms with Crippen LogP contribution in [-0.2, 0) is 31.9 Å². The van der Waals surface area contributed by atoms with Crippen molar-refractivity contribution in [1.29, 1.82) is 0 Å². The van der Waals surface area contributed by atoms with Gasteiger partial charge in [0.05, 0.1) is 18.6 Å². The summed E-state index contributed by atoms with van der Waals surface area (Å²) in [4.78, 5) is 24.2. The third kappa shape index (κ3) is 7.35. The Kier molecular flexibility index (Phi) is 10.5. The Balaban J connectivity index is 0.000000357. The molecule has 1 N–H and O–H groups in total. The van der Waals surface area contributed by atoms with E-state index in [2.05, 4.69) is 11.5 Å². The minimum atomic E-state index is -0.961. The van der Waals surface area contributed by atoms with Crippen molar-refractivity contribution in [2.45, 2.75) is 37.3 Å². The van der Waals surface area contributed by atoms with Gasteiger partial charge in [0.15, 0.2) is 0 Å². The largest absolute Gasteiger partial charge is 0.463 e. The fourth-order valence-corrected chi connectivity index (χ4v) is 3.96. The summed E-state index contributed by atoms with van der Waals surface area (Å²) in [5.41, 5.74) is 0.314. The predicted octanol–water partition coefficient (Wildman–Crippen LogP) is 3.23. The maximum atomic E-state index is 12.2. The molecule has 0 aromatic heterocycles. The zero-order chi connectivity index (χ0) is 24.2. The number of aldehydes is 1. The van der Waals surface area contributed by atoms with E-state index in [1.807, 2.05) is 66.7 Å². The smallest absolute Gasteiger partial charge is 0.310 e. The number of aliphatic hydroxyl groups is 1. The van der Waals surface area contributed by atoms with Gasteiger partial charge in [-0.25, -0.2) is 0 Å². The van der Waals surface area contributed by atoms with Gasteiger partial charge in [-0.2, -0.15) is 0 Å². The zero-order valence-corrected chi connectivity index (χ0v) is 19.6. The number of carbonyl (C=O) groups excluding carboxylic acids is 2. The maximum Gasteiger partial charge on any atom is 0.310 e. The van der Waals surface area contributed by atoms with E-state index in [0.29, 0.717) is 19.6 Å². The quantitative estimate of drug-likeness (QED) is 0.320. The second-order valence-corrected chi connectivity index (χ2v) is 8.42. The molecule has 0 amide bonds. The van der Waals surface area contributed by atoms with Crippen molar-refractivity contribution in [3.63, 3.8) is 0 Å². The van der Waals surface area contributed by atoms with Crippen molar-refractivity contribution in [2.75, 3.05) is 33.4 Å². The summed E-state index contributed by atoms with van der Waals surface area (Å²) < 4.78 is 10.8. The monoisotopic (exact) mass is 453 g/mol. The minimum Gasteiger partial charge on any atom is -0.463 e. The lowest BCUT2D eigenvalue weighted by Gasteiger charge is -2.61. The summed E-state index contributed by atoms with van der Waals surface area (Å²) >= 11 is 0. The van der Waals surface area contributed by atoms with E-state index in [0.717, 1.165) is 30.4 Å². The molecule has 0 aliphatic carbocycles. The lowest BCUT2D eigenvalue weighted by atomic mass is 9.71. The highest BCUT2D eigenvalue weighted by Gasteiger charge is 2.61. The zero-order valence-electron chi connectivity index (χ0n) is 19.6. The number of ether oxygens (including phenoxy) is 2. The maximum absolute atomic E-state index is 12.2. The Morgan fingerprint density at radius 3 is 2.21 bits per heavy atom. The number of hydrogen-bond acceptors (Lipinski definition) is 6. The van der Waals surface area contributed by atoms with E-state index in [9.17, 15) is 14.7 Å². The molecule has 2 aromatic rings. The fraction of sp³-hybridized carbons (Fsp3) is 0.407. The van der Waals surface area contributed by atoms with Crippen LogP contribution in [0, 0.1) is 0 Å². The number of methoxy groups -OCH3 is 1. The van der Waals surface area contributed by atoms with E-state index >= 15 is 0 Å². The van der Waals surface area contributed by atoms with Gasteiger partial charge in [0.1, 0.15) is 18.4 Å². The van der Waals surface area contributed by atoms with Crippen molar-refractivity contribution in [3.05, 3.63) is 84.4 Å². The average Bonchev–Trinajstić information content (AvgIpc) is 2.81. The molecule has 178 valence electrons. The summed E-state index contributed by atoms with van der Waals surface area (Å²) in [7, 11) is 1.59. The molecule has 3 rings (SSSR count). The number of nitrogens with zero attached hydrogens (tertiary/aromatic N) is 1. The molecule has 2 atom stereocenters. The van der Waals surface area contributed by atoms with Crippen molar-refractivity contribution >= 4 is 12.3 Å². The third-order valence-electron chi connectivity index (χ3n) is 5.92. The third-order valence-corrected chi connectivity index (χ3v) is 5.92. The fourth-order valence-electron chi connectivity index (χ4n) is 3.96. The molecule has 0 radical (unpaired) electrons. The number of β-amino-alcohol motifs (C(OH)–C–C–N with tert-alkyl or cyclic N) is 1. The average molecular weight is 454 g/mol. The standard InChI is InChI=1S/C19H27NO4.C8H8O/c1-4-5-11-20-13-18(2,22)19(20,14-23-3)15-24-17(21)12-16-9-7-6-8-10-16;9-7-6-8-4-2-1-3-5-8/h4,6-10,22H,1,5,11-15H2,2-3H3;1-5,7H,6H2. The Labute approximate surface area is 196 Å². The van der Waals surface area contributed by atoms with Crippen LogP contribution in [0.1, 0.15) is 24.5 Å². The molecule has 6 heteroatoms. The number of benzene rings is 2. The Hall–Kier alpha value is -2.80. The highest BCUT2D eigenvalue weighted by Crippen LogP contribution is 2.41. The lowest BCUT2D eigenvalue weighted by Crippen LogP contribution is -2.81. The predicted molar refractivity (Wildman–Crippen MR) is 129 cm³/mol. The van der Waals surface area contributed by atoms with Crippen molar-refractivity contribution < 1.29 is 24.2 Å². The Bertz CT molecular complexity index is 869. The van der Waals surface area contributed by atoms with Gasteiger partial charge in [0.2, 0.25) is 0 Å². The van der Waals surface area contributed by atoms with Gasteiger partial charge in [0.25, 0.3) is 0 Å². The van der Waals surface area contributed by atoms with Crippen LogP contribution in [0.2, 0.25) is 0 Å². The summed E-state index contributed by atoms with van der Waals surface area (Å²) in [6.07, 6.45) is 4.31. The number of hydrogen-bond donors (Lipinski definition) is 1. The molecule has 1 fully saturated rings. The number of rotatable bonds is 11. The van der Waals surface area contributed by atoms with Crippen LogP contribution in [0.4, 0.5) is 0 Å². The summed E-state index contributed by atoms with van der Waals surface area (Å²) in [6.45, 7) is 7.19. The van der Waals surface area contributed by atoms with Crippen molar-refractivity contribution in [3.8, 4) is 0 Å². The van der Waals surface area contributed by atoms with Crippen LogP contribution in [0.3, 0.4) is 0 Å². The van der Waals surface area contributed by atoms with Crippen LogP contribution >= 0.6 is 0 Å². The SMILES string of the molecule is C=CCCN1CC(C)(O)C1(COC)COC(=O)Cc1ccccc1.O=CCc1ccccc1. The molecule has 2 aromatic carbocycles. The molecule has 1 saturated heterocycles. The summed E-state index contributed by atoms with van der Waals surface area (Å²) in [5, 5.41) is 10.7. The highest BCUT2D eigenvalue weighted by molar-refractivity contribution is 5.72. The molecule has 33 heavy (non-hydrogen) atoms. The molecule has 1 aliphatic heterocycles. The second kappa shape index (κ2) is 13.0. The van der Waals surface area contributed by atoms with E-state index in [-0.39, 0.29) is 19.0 Å². The van der Waals surface area contributed by atoms with E-state index in [1.54, 1.807) is 14.0 Å². The van der Waals surface area contributed by atoms with Crippen LogP contribution in [-0.4, -0.2) is 66.8 Å². The first kappa shape index (κ1) is 26.5. The molecule has 2 unspecified atom stereocenters. The molecule has 1 heterocycles. The topological polar surface area (TPSA) is 76.1 Å². The number of likely N-dealkylation sites (tertiary alicyclic amines) is 1. The van der Waals surface area contributed by atoms with Gasteiger partial charge in [0, 0.05) is 26.6 Å². The van der Waals surface area contributed by atoms with Crippen LogP contribution in [0.5, 0.6) is 0 Å². The van der Waals surface area contributed by atoms with Crippen LogP contribution in [0.25, 0.3) is 0 Å². The summed E-state index contributed by atoms with van der Waals surface area (Å²) in [5.74, 6) is -0.303. The lowest BCUT2D eigenvalue weighted by molar-refractivity contribution is -0.242. The van der Waals surface area contributed by atoms with Crippen molar-refractivity contribution in [1.82, 2.24) is 4.90 Å². The van der Waals surface area contributed by atoms with Crippen LogP contribution < -0.4 is 0 Å². The Morgan fingerprint density at radius 2 is 1.70 bits per heavy atom. The molecule has 0 spiro atoms. The molecular formula is C27H35NO5. The first-order chi connectivity index (χ1) is 15.9.